The maximum atomic E-state index is 12.4. The number of hydrogen-bond acceptors (Lipinski definition) is 12. The zero-order valence-electron chi connectivity index (χ0n) is 18.6. The van der Waals surface area contributed by atoms with E-state index in [9.17, 15) is 24.3 Å². The van der Waals surface area contributed by atoms with E-state index >= 15 is 0 Å². The van der Waals surface area contributed by atoms with Crippen LogP contribution in [0.2, 0.25) is 0 Å². The Morgan fingerprint density at radius 3 is 2.06 bits per heavy atom. The zero-order chi connectivity index (χ0) is 24.7. The topological polar surface area (TPSA) is 170 Å². The second-order valence-corrected chi connectivity index (χ2v) is 7.09. The molecule has 5 atom stereocenters. The fraction of sp³-hybridized carbons (Fsp3) is 0.524. The summed E-state index contributed by atoms with van der Waals surface area (Å²) in [5.41, 5.74) is 6.83. The van der Waals surface area contributed by atoms with Gasteiger partial charge in [-0.15, -0.1) is 0 Å². The molecule has 0 aliphatic carbocycles. The number of nitrogens with two attached hydrogens (primary N) is 1. The molecule has 1 unspecified atom stereocenters. The van der Waals surface area contributed by atoms with Gasteiger partial charge >= 0.3 is 23.9 Å². The fourth-order valence-electron chi connectivity index (χ4n) is 3.31. The molecule has 1 aromatic rings. The largest absolute Gasteiger partial charge is 0.467 e. The number of hydrogen-bond donors (Lipinski definition) is 2. The van der Waals surface area contributed by atoms with Crippen molar-refractivity contribution in [2.75, 3.05) is 7.11 Å². The summed E-state index contributed by atoms with van der Waals surface area (Å²) >= 11 is 0. The van der Waals surface area contributed by atoms with E-state index in [0.717, 1.165) is 27.9 Å². The van der Waals surface area contributed by atoms with E-state index in [1.54, 1.807) is 12.1 Å². The quantitative estimate of drug-likeness (QED) is 0.377. The molecular formula is C21H27NO11. The molecule has 3 N–H and O–H groups in total. The van der Waals surface area contributed by atoms with Crippen LogP contribution in [0.5, 0.6) is 5.75 Å². The summed E-state index contributed by atoms with van der Waals surface area (Å²) in [4.78, 5) is 47.8. The first-order valence-corrected chi connectivity index (χ1v) is 9.95. The van der Waals surface area contributed by atoms with Gasteiger partial charge in [-0.3, -0.25) is 14.4 Å². The molecule has 1 fully saturated rings. The van der Waals surface area contributed by atoms with Crippen molar-refractivity contribution in [3.63, 3.8) is 0 Å². The lowest BCUT2D eigenvalue weighted by atomic mass is 9.97. The minimum atomic E-state index is -1.57. The highest BCUT2D eigenvalue weighted by atomic mass is 16.7. The molecule has 33 heavy (non-hydrogen) atoms. The SMILES string of the molecule is COC(=O)[C@H]1OC(Oc2ccc(CO)cc2CN)[C@H](OC(C)=O)[C@@H](OC(C)=O)[C@@H]1OC(C)=O. The molecule has 2 rings (SSSR count). The van der Waals surface area contributed by atoms with Crippen LogP contribution in [0.4, 0.5) is 0 Å². The standard InChI is InChI=1S/C21H27NO11/c1-10(24)29-16-17(30-11(2)25)19(31-12(3)26)21(33-18(16)20(27)28-4)32-15-6-5-13(9-23)7-14(15)8-22/h5-7,16-19,21,23H,8-9,22H2,1-4H3/t16-,17-,18-,19+,21?/m0/s1. The van der Waals surface area contributed by atoms with Gasteiger partial charge in [0, 0.05) is 32.9 Å². The number of ether oxygens (including phenoxy) is 6. The Kier molecular flexibility index (Phi) is 9.14. The van der Waals surface area contributed by atoms with Crippen molar-refractivity contribution in [2.24, 2.45) is 5.73 Å². The normalized spacial score (nSPS) is 24.4. The van der Waals surface area contributed by atoms with Gasteiger partial charge in [-0.2, -0.15) is 0 Å². The van der Waals surface area contributed by atoms with Crippen LogP contribution in [-0.2, 0) is 56.0 Å². The zero-order valence-corrected chi connectivity index (χ0v) is 18.6. The molecule has 1 aliphatic heterocycles. The molecule has 1 aromatic carbocycles. The van der Waals surface area contributed by atoms with Gasteiger partial charge in [0.1, 0.15) is 5.75 Å². The van der Waals surface area contributed by atoms with Gasteiger partial charge in [0.15, 0.2) is 18.3 Å². The lowest BCUT2D eigenvalue weighted by molar-refractivity contribution is -0.282. The Morgan fingerprint density at radius 1 is 0.970 bits per heavy atom. The van der Waals surface area contributed by atoms with Gasteiger partial charge < -0.3 is 39.3 Å². The third kappa shape index (κ3) is 6.63. The van der Waals surface area contributed by atoms with Crippen LogP contribution >= 0.6 is 0 Å². The molecule has 0 amide bonds. The van der Waals surface area contributed by atoms with E-state index in [0.29, 0.717) is 11.1 Å². The van der Waals surface area contributed by atoms with Crippen molar-refractivity contribution >= 4 is 23.9 Å². The third-order valence-electron chi connectivity index (χ3n) is 4.61. The minimum absolute atomic E-state index is 0.0258. The van der Waals surface area contributed by atoms with Crippen molar-refractivity contribution in [1.82, 2.24) is 0 Å². The predicted molar refractivity (Wildman–Crippen MR) is 108 cm³/mol. The molecule has 12 heteroatoms. The van der Waals surface area contributed by atoms with Gasteiger partial charge in [0.2, 0.25) is 12.4 Å². The molecule has 0 saturated carbocycles. The molecule has 12 nitrogen and oxygen atoms in total. The highest BCUT2D eigenvalue weighted by Gasteiger charge is 2.55. The number of methoxy groups -OCH3 is 1. The molecule has 1 heterocycles. The Labute approximate surface area is 189 Å². The van der Waals surface area contributed by atoms with Gasteiger partial charge in [0.25, 0.3) is 0 Å². The van der Waals surface area contributed by atoms with Gasteiger partial charge in [-0.05, 0) is 17.7 Å². The van der Waals surface area contributed by atoms with Crippen molar-refractivity contribution in [3.8, 4) is 5.75 Å². The Bertz CT molecular complexity index is 887. The predicted octanol–water partition coefficient (Wildman–Crippen LogP) is -0.291. The molecular weight excluding hydrogens is 442 g/mol. The highest BCUT2D eigenvalue weighted by Crippen LogP contribution is 2.32. The van der Waals surface area contributed by atoms with Crippen molar-refractivity contribution in [1.29, 1.82) is 0 Å². The van der Waals surface area contributed by atoms with E-state index in [1.165, 1.54) is 6.07 Å². The number of rotatable bonds is 8. The van der Waals surface area contributed by atoms with Crippen molar-refractivity contribution in [3.05, 3.63) is 29.3 Å². The molecule has 0 spiro atoms. The average Bonchev–Trinajstić information content (AvgIpc) is 2.76. The van der Waals surface area contributed by atoms with E-state index < -0.39 is 54.6 Å². The number of carbonyl (C=O) groups excluding carboxylic acids is 4. The second kappa shape index (κ2) is 11.6. The summed E-state index contributed by atoms with van der Waals surface area (Å²) in [6, 6.07) is 4.68. The van der Waals surface area contributed by atoms with Crippen LogP contribution in [0.15, 0.2) is 18.2 Å². The first-order chi connectivity index (χ1) is 15.6. The molecule has 0 bridgehead atoms. The average molecular weight is 469 g/mol. The van der Waals surface area contributed by atoms with Crippen LogP contribution in [0.1, 0.15) is 31.9 Å². The summed E-state index contributed by atoms with van der Waals surface area (Å²) in [5.74, 6) is -3.12. The highest BCUT2D eigenvalue weighted by molar-refractivity contribution is 5.77. The molecule has 0 radical (unpaired) electrons. The van der Waals surface area contributed by atoms with E-state index in [1.807, 2.05) is 0 Å². The Morgan fingerprint density at radius 2 is 1.55 bits per heavy atom. The fourth-order valence-corrected chi connectivity index (χ4v) is 3.31. The van der Waals surface area contributed by atoms with E-state index in [2.05, 4.69) is 0 Å². The molecule has 1 aliphatic rings. The lowest BCUT2D eigenvalue weighted by Gasteiger charge is -2.43. The third-order valence-corrected chi connectivity index (χ3v) is 4.61. The molecule has 0 aromatic heterocycles. The van der Waals surface area contributed by atoms with Gasteiger partial charge in [-0.25, -0.2) is 4.79 Å². The number of aliphatic hydroxyl groups is 1. The van der Waals surface area contributed by atoms with Crippen LogP contribution in [-0.4, -0.2) is 66.8 Å². The first kappa shape index (κ1) is 26.0. The minimum Gasteiger partial charge on any atom is -0.467 e. The maximum absolute atomic E-state index is 12.4. The van der Waals surface area contributed by atoms with Crippen LogP contribution in [0.25, 0.3) is 0 Å². The second-order valence-electron chi connectivity index (χ2n) is 7.09. The number of esters is 4. The number of benzene rings is 1. The van der Waals surface area contributed by atoms with Crippen molar-refractivity contribution < 1.29 is 52.7 Å². The Balaban J connectivity index is 2.54. The smallest absolute Gasteiger partial charge is 0.339 e. The van der Waals surface area contributed by atoms with Crippen LogP contribution < -0.4 is 10.5 Å². The van der Waals surface area contributed by atoms with Crippen LogP contribution in [0, 0.1) is 0 Å². The molecule has 182 valence electrons. The first-order valence-electron chi connectivity index (χ1n) is 9.95. The molecule has 1 saturated heterocycles. The van der Waals surface area contributed by atoms with E-state index in [-0.39, 0.29) is 18.9 Å². The maximum Gasteiger partial charge on any atom is 0.339 e. The number of aliphatic hydroxyl groups excluding tert-OH is 1. The van der Waals surface area contributed by atoms with Gasteiger partial charge in [0.05, 0.1) is 13.7 Å². The summed E-state index contributed by atoms with van der Waals surface area (Å²) in [6.45, 7) is 3.08. The summed E-state index contributed by atoms with van der Waals surface area (Å²) in [5, 5.41) is 9.35. The van der Waals surface area contributed by atoms with Crippen LogP contribution in [0.3, 0.4) is 0 Å². The summed E-state index contributed by atoms with van der Waals surface area (Å²) in [7, 11) is 1.09. The van der Waals surface area contributed by atoms with Crippen molar-refractivity contribution in [2.45, 2.75) is 64.6 Å². The summed E-state index contributed by atoms with van der Waals surface area (Å²) < 4.78 is 32.1. The lowest BCUT2D eigenvalue weighted by Crippen LogP contribution is -2.64. The monoisotopic (exact) mass is 469 g/mol. The summed E-state index contributed by atoms with van der Waals surface area (Å²) in [6.07, 6.45) is -7.44. The van der Waals surface area contributed by atoms with E-state index in [4.69, 9.17) is 34.2 Å². The number of carbonyl (C=O) groups is 4. The Hall–Kier alpha value is -3.22. The van der Waals surface area contributed by atoms with Gasteiger partial charge in [-0.1, -0.05) is 6.07 Å².